The summed E-state index contributed by atoms with van der Waals surface area (Å²) in [5.41, 5.74) is 2.75. The summed E-state index contributed by atoms with van der Waals surface area (Å²) >= 11 is 0. The summed E-state index contributed by atoms with van der Waals surface area (Å²) in [6.45, 7) is 5.05. The highest BCUT2D eigenvalue weighted by Crippen LogP contribution is 2.21. The van der Waals surface area contributed by atoms with Crippen LogP contribution in [0.2, 0.25) is 0 Å². The second-order valence-electron chi connectivity index (χ2n) is 6.18. The number of hydrogen-bond acceptors (Lipinski definition) is 4. The fraction of sp³-hybridized carbons (Fsp3) is 0.389. The number of hydrogen-bond donors (Lipinski definition) is 1. The van der Waals surface area contributed by atoms with Crippen molar-refractivity contribution in [3.05, 3.63) is 52.9 Å². The molecule has 1 N–H and O–H groups in total. The number of carbonyl (C=O) groups is 2. The van der Waals surface area contributed by atoms with Crippen LogP contribution < -0.4 is 5.32 Å². The number of amides is 2. The fourth-order valence-electron chi connectivity index (χ4n) is 2.98. The summed E-state index contributed by atoms with van der Waals surface area (Å²) in [6, 6.07) is 9.81. The summed E-state index contributed by atoms with van der Waals surface area (Å²) < 4.78 is 5.09. The molecule has 6 heteroatoms. The highest BCUT2D eigenvalue weighted by atomic mass is 16.5. The smallest absolute Gasteiger partial charge is 0.225 e. The maximum atomic E-state index is 12.4. The zero-order valence-corrected chi connectivity index (χ0v) is 13.9. The Morgan fingerprint density at radius 1 is 1.33 bits per heavy atom. The maximum Gasteiger partial charge on any atom is 0.225 e. The van der Waals surface area contributed by atoms with Gasteiger partial charge in [-0.2, -0.15) is 0 Å². The van der Waals surface area contributed by atoms with E-state index in [0.717, 1.165) is 16.8 Å². The van der Waals surface area contributed by atoms with Gasteiger partial charge in [-0.15, -0.1) is 0 Å². The summed E-state index contributed by atoms with van der Waals surface area (Å²) in [5.74, 6) is 0.331. The van der Waals surface area contributed by atoms with Crippen LogP contribution in [0.1, 0.15) is 29.0 Å². The number of rotatable bonds is 5. The number of likely N-dealkylation sites (tertiary alicyclic amines) is 1. The van der Waals surface area contributed by atoms with Gasteiger partial charge in [0.2, 0.25) is 11.8 Å². The van der Waals surface area contributed by atoms with Crippen molar-refractivity contribution in [1.82, 2.24) is 15.4 Å². The van der Waals surface area contributed by atoms with Gasteiger partial charge in [-0.25, -0.2) is 0 Å². The van der Waals surface area contributed by atoms with Crippen LogP contribution in [-0.2, 0) is 22.7 Å². The van der Waals surface area contributed by atoms with E-state index in [0.29, 0.717) is 25.4 Å². The normalized spacial score (nSPS) is 17.3. The lowest BCUT2D eigenvalue weighted by molar-refractivity contribution is -0.129. The predicted octanol–water partition coefficient (Wildman–Crippen LogP) is 1.96. The fourth-order valence-corrected chi connectivity index (χ4v) is 2.98. The molecule has 1 saturated heterocycles. The zero-order valence-electron chi connectivity index (χ0n) is 13.9. The van der Waals surface area contributed by atoms with Gasteiger partial charge in [0, 0.05) is 31.6 Å². The van der Waals surface area contributed by atoms with Gasteiger partial charge >= 0.3 is 0 Å². The predicted molar refractivity (Wildman–Crippen MR) is 87.8 cm³/mol. The summed E-state index contributed by atoms with van der Waals surface area (Å²) in [6.07, 6.45) is 0.264. The molecule has 2 aromatic rings. The topological polar surface area (TPSA) is 75.4 Å². The van der Waals surface area contributed by atoms with Crippen LogP contribution in [0.25, 0.3) is 0 Å². The largest absolute Gasteiger partial charge is 0.361 e. The summed E-state index contributed by atoms with van der Waals surface area (Å²) in [4.78, 5) is 26.3. The molecule has 0 aliphatic carbocycles. The molecule has 2 amide bonds. The Balaban J connectivity index is 1.56. The van der Waals surface area contributed by atoms with E-state index < -0.39 is 0 Å². The molecular formula is C18H21N3O3. The van der Waals surface area contributed by atoms with Gasteiger partial charge in [-0.3, -0.25) is 9.59 Å². The van der Waals surface area contributed by atoms with Gasteiger partial charge in [0.05, 0.1) is 11.6 Å². The first kappa shape index (κ1) is 16.2. The molecule has 1 aromatic carbocycles. The van der Waals surface area contributed by atoms with Crippen molar-refractivity contribution in [3.63, 3.8) is 0 Å². The molecule has 1 aromatic heterocycles. The van der Waals surface area contributed by atoms with E-state index in [1.54, 1.807) is 4.90 Å². The third-order valence-corrected chi connectivity index (χ3v) is 4.42. The van der Waals surface area contributed by atoms with Crippen molar-refractivity contribution in [3.8, 4) is 0 Å². The van der Waals surface area contributed by atoms with Gasteiger partial charge in [-0.05, 0) is 19.4 Å². The molecule has 1 unspecified atom stereocenters. The van der Waals surface area contributed by atoms with Gasteiger partial charge < -0.3 is 14.7 Å². The van der Waals surface area contributed by atoms with Crippen LogP contribution in [0.5, 0.6) is 0 Å². The van der Waals surface area contributed by atoms with E-state index in [4.69, 9.17) is 4.52 Å². The standard InChI is InChI=1S/C18H21N3O3/c1-12-16(13(2)24-20-12)9-19-18(23)15-8-17(22)21(11-15)10-14-6-4-3-5-7-14/h3-7,15H,8-11H2,1-2H3,(H,19,23). The molecule has 0 saturated carbocycles. The molecule has 3 rings (SSSR count). The molecule has 126 valence electrons. The minimum Gasteiger partial charge on any atom is -0.361 e. The number of aromatic nitrogens is 1. The molecule has 2 heterocycles. The lowest BCUT2D eigenvalue weighted by Gasteiger charge is -2.16. The Morgan fingerprint density at radius 2 is 2.08 bits per heavy atom. The molecule has 6 nitrogen and oxygen atoms in total. The third kappa shape index (κ3) is 3.48. The SMILES string of the molecule is Cc1noc(C)c1CNC(=O)C1CC(=O)N(Cc2ccccc2)C1. The van der Waals surface area contributed by atoms with Gasteiger partial charge in [0.1, 0.15) is 5.76 Å². The first-order chi connectivity index (χ1) is 11.5. The van der Waals surface area contributed by atoms with E-state index >= 15 is 0 Å². The van der Waals surface area contributed by atoms with E-state index in [1.807, 2.05) is 44.2 Å². The van der Waals surface area contributed by atoms with E-state index in [9.17, 15) is 9.59 Å². The second-order valence-corrected chi connectivity index (χ2v) is 6.18. The molecule has 1 atom stereocenters. The van der Waals surface area contributed by atoms with Crippen LogP contribution in [0, 0.1) is 19.8 Å². The summed E-state index contributed by atoms with van der Waals surface area (Å²) in [7, 11) is 0. The quantitative estimate of drug-likeness (QED) is 0.911. The van der Waals surface area contributed by atoms with Crippen molar-refractivity contribution in [2.24, 2.45) is 5.92 Å². The number of carbonyl (C=O) groups excluding carboxylic acids is 2. The molecular weight excluding hydrogens is 306 g/mol. The van der Waals surface area contributed by atoms with Crippen molar-refractivity contribution in [2.75, 3.05) is 6.54 Å². The molecule has 1 aliphatic rings. The van der Waals surface area contributed by atoms with E-state index in [2.05, 4.69) is 10.5 Å². The second kappa shape index (κ2) is 6.86. The first-order valence-electron chi connectivity index (χ1n) is 8.05. The zero-order chi connectivity index (χ0) is 17.1. The Bertz CT molecular complexity index is 720. The van der Waals surface area contributed by atoms with Gasteiger partial charge in [-0.1, -0.05) is 35.5 Å². The number of aryl methyl sites for hydroxylation is 2. The van der Waals surface area contributed by atoms with Crippen LogP contribution in [0.3, 0.4) is 0 Å². The maximum absolute atomic E-state index is 12.4. The highest BCUT2D eigenvalue weighted by Gasteiger charge is 2.34. The van der Waals surface area contributed by atoms with Gasteiger partial charge in [0.15, 0.2) is 0 Å². The Morgan fingerprint density at radius 3 is 2.75 bits per heavy atom. The average Bonchev–Trinajstić information content (AvgIpc) is 3.09. The monoisotopic (exact) mass is 327 g/mol. The van der Waals surface area contributed by atoms with Crippen LogP contribution in [-0.4, -0.2) is 28.4 Å². The molecule has 0 spiro atoms. The molecule has 1 fully saturated rings. The first-order valence-corrected chi connectivity index (χ1v) is 8.05. The summed E-state index contributed by atoms with van der Waals surface area (Å²) in [5, 5.41) is 6.77. The minimum atomic E-state index is -0.304. The van der Waals surface area contributed by atoms with Crippen molar-refractivity contribution in [1.29, 1.82) is 0 Å². The average molecular weight is 327 g/mol. The van der Waals surface area contributed by atoms with Crippen LogP contribution in [0.4, 0.5) is 0 Å². The number of nitrogens with one attached hydrogen (secondary N) is 1. The van der Waals surface area contributed by atoms with Crippen LogP contribution in [0.15, 0.2) is 34.9 Å². The van der Waals surface area contributed by atoms with Crippen molar-refractivity contribution < 1.29 is 14.1 Å². The Kier molecular flexibility index (Phi) is 4.64. The lowest BCUT2D eigenvalue weighted by Crippen LogP contribution is -2.32. The third-order valence-electron chi connectivity index (χ3n) is 4.42. The molecule has 24 heavy (non-hydrogen) atoms. The lowest BCUT2D eigenvalue weighted by atomic mass is 10.1. The van der Waals surface area contributed by atoms with Crippen molar-refractivity contribution in [2.45, 2.75) is 33.4 Å². The molecule has 0 radical (unpaired) electrons. The molecule has 0 bridgehead atoms. The van der Waals surface area contributed by atoms with Crippen molar-refractivity contribution >= 4 is 11.8 Å². The Hall–Kier alpha value is -2.63. The highest BCUT2D eigenvalue weighted by molar-refractivity contribution is 5.89. The minimum absolute atomic E-state index is 0.0244. The number of nitrogens with zero attached hydrogens (tertiary/aromatic N) is 2. The Labute approximate surface area is 140 Å². The van der Waals surface area contributed by atoms with Gasteiger partial charge in [0.25, 0.3) is 0 Å². The molecule has 1 aliphatic heterocycles. The number of benzene rings is 1. The van der Waals surface area contributed by atoms with E-state index in [-0.39, 0.29) is 24.2 Å². The van der Waals surface area contributed by atoms with Crippen LogP contribution >= 0.6 is 0 Å². The van der Waals surface area contributed by atoms with E-state index in [1.165, 1.54) is 0 Å².